The van der Waals surface area contributed by atoms with Crippen LogP contribution in [0.3, 0.4) is 0 Å². The molecule has 0 bridgehead atoms. The van der Waals surface area contributed by atoms with Gasteiger partial charge < -0.3 is 9.47 Å². The van der Waals surface area contributed by atoms with E-state index in [0.29, 0.717) is 0 Å². The van der Waals surface area contributed by atoms with Crippen molar-refractivity contribution in [2.45, 2.75) is 5.75 Å². The molecule has 0 aliphatic rings. The van der Waals surface area contributed by atoms with Crippen LogP contribution in [-0.4, -0.2) is 39.9 Å². The number of rotatable bonds is 6. The zero-order valence-corrected chi connectivity index (χ0v) is 16.5. The van der Waals surface area contributed by atoms with E-state index < -0.39 is 33.0 Å². The molecule has 0 radical (unpaired) electrons. The normalized spacial score (nSPS) is 11.6. The van der Waals surface area contributed by atoms with Crippen LogP contribution in [0.2, 0.25) is 0 Å². The molecule has 3 aromatic rings. The molecule has 11 heteroatoms. The maximum absolute atomic E-state index is 14.8. The highest BCUT2D eigenvalue weighted by Gasteiger charge is 2.22. The van der Waals surface area contributed by atoms with Crippen molar-refractivity contribution in [2.75, 3.05) is 21.3 Å². The van der Waals surface area contributed by atoms with Crippen molar-refractivity contribution >= 4 is 20.8 Å². The van der Waals surface area contributed by atoms with Crippen LogP contribution in [0.25, 0.3) is 22.0 Å². The molecule has 154 valence electrons. The van der Waals surface area contributed by atoms with E-state index in [9.17, 15) is 22.0 Å². The molecule has 0 aliphatic heterocycles. The number of sulfonamides is 1. The Hall–Kier alpha value is -3.05. The van der Waals surface area contributed by atoms with E-state index in [1.165, 1.54) is 39.5 Å². The number of nitrogens with zero attached hydrogens (tertiary/aromatic N) is 1. The second kappa shape index (κ2) is 7.76. The minimum atomic E-state index is -3.80. The number of fused-ring (bicyclic) bond motifs is 1. The summed E-state index contributed by atoms with van der Waals surface area (Å²) in [4.78, 5) is 12.2. The van der Waals surface area contributed by atoms with Crippen LogP contribution in [0, 0.1) is 11.6 Å². The third kappa shape index (κ3) is 3.78. The first-order valence-corrected chi connectivity index (χ1v) is 9.90. The molecular formula is C18H17F2N3O5S. The number of methoxy groups -OCH3 is 2. The number of halogens is 2. The van der Waals surface area contributed by atoms with Gasteiger partial charge in [0.1, 0.15) is 5.69 Å². The molecule has 0 spiro atoms. The predicted molar refractivity (Wildman–Crippen MR) is 103 cm³/mol. The molecule has 2 N–H and O–H groups in total. The highest BCUT2D eigenvalue weighted by atomic mass is 32.2. The minimum absolute atomic E-state index is 0.0417. The summed E-state index contributed by atoms with van der Waals surface area (Å²) < 4.78 is 65.1. The van der Waals surface area contributed by atoms with Crippen molar-refractivity contribution in [1.29, 1.82) is 0 Å². The van der Waals surface area contributed by atoms with E-state index in [1.54, 1.807) is 0 Å². The van der Waals surface area contributed by atoms with Gasteiger partial charge in [0, 0.05) is 16.5 Å². The van der Waals surface area contributed by atoms with Crippen LogP contribution in [0.5, 0.6) is 11.5 Å². The number of nitrogens with one attached hydrogen (secondary N) is 2. The fraction of sp³-hybridized carbons (Fsp3) is 0.222. The summed E-state index contributed by atoms with van der Waals surface area (Å²) in [5, 5.41) is 6.44. The molecule has 3 rings (SSSR count). The van der Waals surface area contributed by atoms with Gasteiger partial charge in [-0.3, -0.25) is 4.79 Å². The Labute approximate surface area is 164 Å². The number of hydrogen-bond donors (Lipinski definition) is 2. The summed E-state index contributed by atoms with van der Waals surface area (Å²) in [6, 6.07) is 5.19. The Bertz CT molecular complexity index is 1260. The van der Waals surface area contributed by atoms with Gasteiger partial charge >= 0.3 is 0 Å². The molecule has 0 saturated heterocycles. The minimum Gasteiger partial charge on any atom is -0.493 e. The summed E-state index contributed by atoms with van der Waals surface area (Å²) in [6.45, 7) is 0. The van der Waals surface area contributed by atoms with Gasteiger partial charge in [0.05, 0.1) is 25.4 Å². The Morgan fingerprint density at radius 3 is 2.28 bits per heavy atom. The van der Waals surface area contributed by atoms with Crippen LogP contribution >= 0.6 is 0 Å². The molecule has 0 unspecified atom stereocenters. The summed E-state index contributed by atoms with van der Waals surface area (Å²) in [6.07, 6.45) is 0. The highest BCUT2D eigenvalue weighted by Crippen LogP contribution is 2.36. The highest BCUT2D eigenvalue weighted by molar-refractivity contribution is 7.88. The zero-order valence-electron chi connectivity index (χ0n) is 15.7. The van der Waals surface area contributed by atoms with Crippen LogP contribution < -0.4 is 19.8 Å². The molecule has 0 fully saturated rings. The molecular weight excluding hydrogens is 408 g/mol. The predicted octanol–water partition coefficient (Wildman–Crippen LogP) is 1.93. The molecule has 0 aliphatic carbocycles. The van der Waals surface area contributed by atoms with E-state index in [1.807, 2.05) is 4.72 Å². The Balaban J connectivity index is 2.25. The number of benzene rings is 2. The number of hydrogen-bond acceptors (Lipinski definition) is 6. The monoisotopic (exact) mass is 425 g/mol. The molecule has 8 nitrogen and oxygen atoms in total. The second-order valence-corrected chi connectivity index (χ2v) is 7.94. The van der Waals surface area contributed by atoms with Crippen molar-refractivity contribution in [3.05, 3.63) is 51.8 Å². The summed E-state index contributed by atoms with van der Waals surface area (Å²) in [7, 11) is 0.166. The number of ether oxygens (including phenoxy) is 2. The molecule has 0 amide bonds. The Morgan fingerprint density at radius 1 is 1.07 bits per heavy atom. The van der Waals surface area contributed by atoms with Crippen molar-refractivity contribution in [1.82, 2.24) is 14.9 Å². The van der Waals surface area contributed by atoms with Gasteiger partial charge in [0.2, 0.25) is 10.0 Å². The quantitative estimate of drug-likeness (QED) is 0.625. The topological polar surface area (TPSA) is 110 Å². The number of aromatic nitrogens is 2. The molecule has 29 heavy (non-hydrogen) atoms. The first-order chi connectivity index (χ1) is 13.7. The standard InChI is InChI=1S/C18H17F2N3O5S/c1-21-29(25,26)8-9-4-5-10(16(20)15(9)19)17-11-6-13(27-2)14(28-3)7-12(11)18(24)23-22-17/h4-7,21H,8H2,1-3H3,(H,23,24). The van der Waals surface area contributed by atoms with Crippen molar-refractivity contribution in [3.8, 4) is 22.8 Å². The molecule has 0 atom stereocenters. The van der Waals surface area contributed by atoms with Crippen LogP contribution in [-0.2, 0) is 15.8 Å². The summed E-state index contributed by atoms with van der Waals surface area (Å²) in [5.41, 5.74) is -1.18. The lowest BCUT2D eigenvalue weighted by atomic mass is 10.0. The fourth-order valence-electron chi connectivity index (χ4n) is 2.86. The fourth-order valence-corrected chi connectivity index (χ4v) is 3.63. The Morgan fingerprint density at radius 2 is 1.69 bits per heavy atom. The van der Waals surface area contributed by atoms with Gasteiger partial charge in [-0.05, 0) is 25.2 Å². The van der Waals surface area contributed by atoms with Gasteiger partial charge in [-0.2, -0.15) is 5.10 Å². The lowest BCUT2D eigenvalue weighted by molar-refractivity contribution is 0.356. The van der Waals surface area contributed by atoms with Crippen molar-refractivity contribution in [3.63, 3.8) is 0 Å². The van der Waals surface area contributed by atoms with Crippen molar-refractivity contribution in [2.24, 2.45) is 0 Å². The largest absolute Gasteiger partial charge is 0.493 e. The van der Waals surface area contributed by atoms with E-state index >= 15 is 0 Å². The molecule has 1 heterocycles. The summed E-state index contributed by atoms with van der Waals surface area (Å²) in [5.74, 6) is -2.78. The lowest BCUT2D eigenvalue weighted by Crippen LogP contribution is -2.21. The first-order valence-electron chi connectivity index (χ1n) is 8.25. The average molecular weight is 425 g/mol. The van der Waals surface area contributed by atoms with E-state index in [2.05, 4.69) is 10.2 Å². The van der Waals surface area contributed by atoms with Gasteiger partial charge in [0.25, 0.3) is 5.56 Å². The number of H-pyrrole nitrogens is 1. The van der Waals surface area contributed by atoms with Crippen LogP contribution in [0.4, 0.5) is 8.78 Å². The van der Waals surface area contributed by atoms with Gasteiger partial charge in [-0.15, -0.1) is 0 Å². The Kier molecular flexibility index (Phi) is 5.53. The second-order valence-electron chi connectivity index (χ2n) is 6.02. The molecule has 1 aromatic heterocycles. The summed E-state index contributed by atoms with van der Waals surface area (Å²) >= 11 is 0. The van der Waals surface area contributed by atoms with Gasteiger partial charge in [0.15, 0.2) is 23.1 Å². The molecule has 2 aromatic carbocycles. The maximum Gasteiger partial charge on any atom is 0.272 e. The smallest absolute Gasteiger partial charge is 0.272 e. The molecule has 0 saturated carbocycles. The van der Waals surface area contributed by atoms with Gasteiger partial charge in [-0.1, -0.05) is 6.07 Å². The SMILES string of the molecule is CNS(=O)(=O)Cc1ccc(-c2n[nH]c(=O)c3cc(OC)c(OC)cc23)c(F)c1F. The van der Waals surface area contributed by atoms with Crippen molar-refractivity contribution < 1.29 is 26.7 Å². The van der Waals surface area contributed by atoms with E-state index in [0.717, 1.165) is 6.07 Å². The van der Waals surface area contributed by atoms with Crippen LogP contribution in [0.15, 0.2) is 29.1 Å². The van der Waals surface area contributed by atoms with E-state index in [4.69, 9.17) is 9.47 Å². The zero-order chi connectivity index (χ0) is 21.3. The average Bonchev–Trinajstić information content (AvgIpc) is 2.71. The van der Waals surface area contributed by atoms with Gasteiger partial charge in [-0.25, -0.2) is 27.0 Å². The lowest BCUT2D eigenvalue weighted by Gasteiger charge is -2.12. The van der Waals surface area contributed by atoms with E-state index in [-0.39, 0.29) is 39.1 Å². The maximum atomic E-state index is 14.8. The third-order valence-electron chi connectivity index (χ3n) is 4.37. The first kappa shape index (κ1) is 20.7. The van der Waals surface area contributed by atoms with Crippen LogP contribution in [0.1, 0.15) is 5.56 Å². The third-order valence-corrected chi connectivity index (χ3v) is 5.68. The number of aromatic amines is 1.